The quantitative estimate of drug-likeness (QED) is 0.791. The molecule has 0 aliphatic carbocycles. The Bertz CT molecular complexity index is 417. The zero-order valence-corrected chi connectivity index (χ0v) is 9.35. The molecule has 1 N–H and O–H groups in total. The molecule has 0 aromatic heterocycles. The third-order valence-corrected chi connectivity index (χ3v) is 3.74. The van der Waals surface area contributed by atoms with Crippen molar-refractivity contribution < 1.29 is 12.9 Å². The van der Waals surface area contributed by atoms with Crippen molar-refractivity contribution in [3.05, 3.63) is 29.8 Å². The summed E-state index contributed by atoms with van der Waals surface area (Å²) >= 11 is 0. The minimum absolute atomic E-state index is 0.0314. The molecular weight excluding hydrogens is 217 g/mol. The first kappa shape index (κ1) is 12.0. The summed E-state index contributed by atoms with van der Waals surface area (Å²) in [5, 5.41) is 0. The van der Waals surface area contributed by atoms with Gasteiger partial charge in [0.1, 0.15) is 0 Å². The zero-order chi connectivity index (χ0) is 11.3. The molecule has 0 unspecified atom stereocenters. The highest BCUT2D eigenvalue weighted by Gasteiger charge is 2.10. The van der Waals surface area contributed by atoms with E-state index in [2.05, 4.69) is 0 Å². The Balaban J connectivity index is 2.80. The summed E-state index contributed by atoms with van der Waals surface area (Å²) in [6, 6.07) is 6.33. The van der Waals surface area contributed by atoms with Crippen molar-refractivity contribution in [1.82, 2.24) is 0 Å². The van der Waals surface area contributed by atoms with E-state index in [0.29, 0.717) is 12.0 Å². The van der Waals surface area contributed by atoms with E-state index in [-0.39, 0.29) is 17.2 Å². The number of benzene rings is 1. The van der Waals surface area contributed by atoms with E-state index < -0.39 is 9.84 Å². The van der Waals surface area contributed by atoms with E-state index >= 15 is 0 Å². The van der Waals surface area contributed by atoms with Crippen LogP contribution in [0, 0.1) is 0 Å². The molecule has 0 aliphatic heterocycles. The number of hydrogen-bond donors (Lipinski definition) is 1. The van der Waals surface area contributed by atoms with Gasteiger partial charge in [-0.25, -0.2) is 14.0 Å². The highest BCUT2D eigenvalue weighted by atomic mass is 32.2. The van der Waals surface area contributed by atoms with Crippen LogP contribution in [0.4, 0.5) is 10.2 Å². The van der Waals surface area contributed by atoms with Gasteiger partial charge in [0, 0.05) is 0 Å². The Hall–Kier alpha value is -1.10. The second kappa shape index (κ2) is 5.11. The fraction of sp³-hybridized carbons (Fsp3) is 0.400. The Morgan fingerprint density at radius 1 is 1.40 bits per heavy atom. The molecule has 0 aliphatic rings. The maximum absolute atomic E-state index is 12.1. The molecule has 0 saturated carbocycles. The number of rotatable bonds is 5. The van der Waals surface area contributed by atoms with Gasteiger partial charge in [-0.15, -0.1) is 4.48 Å². The second-order valence-corrected chi connectivity index (χ2v) is 5.57. The predicted octanol–water partition coefficient (Wildman–Crippen LogP) is 2.31. The summed E-state index contributed by atoms with van der Waals surface area (Å²) < 4.78 is 35.1. The lowest BCUT2D eigenvalue weighted by molar-refractivity contribution is 0.593. The van der Waals surface area contributed by atoms with Crippen molar-refractivity contribution in [3.63, 3.8) is 0 Å². The third kappa shape index (κ3) is 3.87. The summed E-state index contributed by atoms with van der Waals surface area (Å²) in [5.74, 6) is 0.136. The fourth-order valence-electron chi connectivity index (χ4n) is 1.36. The van der Waals surface area contributed by atoms with Gasteiger partial charge in [0.05, 0.1) is 17.2 Å². The molecule has 1 aromatic carbocycles. The molecule has 3 nitrogen and oxygen atoms in total. The minimum Gasteiger partial charge on any atom is -0.228 e. The van der Waals surface area contributed by atoms with Crippen molar-refractivity contribution >= 4 is 15.5 Å². The van der Waals surface area contributed by atoms with Gasteiger partial charge in [0.2, 0.25) is 0 Å². The van der Waals surface area contributed by atoms with Gasteiger partial charge >= 0.3 is 0 Å². The number of anilines is 1. The van der Waals surface area contributed by atoms with Gasteiger partial charge in [-0.2, -0.15) is 0 Å². The largest absolute Gasteiger partial charge is 0.228 e. The van der Waals surface area contributed by atoms with Crippen molar-refractivity contribution in [2.45, 2.75) is 19.1 Å². The lowest BCUT2D eigenvalue weighted by atomic mass is 10.2. The summed E-state index contributed by atoms with van der Waals surface area (Å²) in [4.78, 5) is 0. The number of hydrogen-bond acceptors (Lipinski definition) is 3. The monoisotopic (exact) mass is 231 g/mol. The van der Waals surface area contributed by atoms with E-state index in [1.807, 2.05) is 6.92 Å². The van der Waals surface area contributed by atoms with Crippen LogP contribution in [0.1, 0.15) is 18.9 Å². The molecule has 0 bridgehead atoms. The van der Waals surface area contributed by atoms with Crippen LogP contribution >= 0.6 is 0 Å². The molecule has 1 aromatic rings. The van der Waals surface area contributed by atoms with E-state index in [1.165, 1.54) is 17.7 Å². The SMILES string of the molecule is CCCS(=O)(=O)Cc1cccc(NF)c1. The Morgan fingerprint density at radius 3 is 2.73 bits per heavy atom. The molecule has 0 amide bonds. The average molecular weight is 231 g/mol. The highest BCUT2D eigenvalue weighted by Crippen LogP contribution is 2.13. The molecule has 15 heavy (non-hydrogen) atoms. The Labute approximate surface area is 89.2 Å². The lowest BCUT2D eigenvalue weighted by Crippen LogP contribution is -2.08. The first-order chi connectivity index (χ1) is 7.07. The van der Waals surface area contributed by atoms with E-state index in [4.69, 9.17) is 0 Å². The van der Waals surface area contributed by atoms with Crippen LogP contribution in [0.15, 0.2) is 24.3 Å². The van der Waals surface area contributed by atoms with Gasteiger partial charge in [0.25, 0.3) is 0 Å². The number of halogens is 1. The molecule has 1 rings (SSSR count). The third-order valence-electron chi connectivity index (χ3n) is 1.94. The summed E-state index contributed by atoms with van der Waals surface area (Å²) in [7, 11) is -3.06. The molecule has 0 saturated heterocycles. The molecule has 0 atom stereocenters. The van der Waals surface area contributed by atoms with Gasteiger partial charge in [-0.1, -0.05) is 19.1 Å². The van der Waals surface area contributed by atoms with E-state index in [9.17, 15) is 12.9 Å². The molecule has 5 heteroatoms. The zero-order valence-electron chi connectivity index (χ0n) is 8.53. The van der Waals surface area contributed by atoms with Crippen molar-refractivity contribution in [2.24, 2.45) is 0 Å². The van der Waals surface area contributed by atoms with E-state index in [0.717, 1.165) is 0 Å². The first-order valence-electron chi connectivity index (χ1n) is 4.73. The molecular formula is C10H14FNO2S. The lowest BCUT2D eigenvalue weighted by Gasteiger charge is -2.04. The van der Waals surface area contributed by atoms with Gasteiger partial charge in [-0.3, -0.25) is 0 Å². The summed E-state index contributed by atoms with van der Waals surface area (Å²) in [5.41, 5.74) is 2.37. The smallest absolute Gasteiger partial charge is 0.154 e. The van der Waals surface area contributed by atoms with Crippen LogP contribution in [0.3, 0.4) is 0 Å². The molecule has 0 spiro atoms. The summed E-state index contributed by atoms with van der Waals surface area (Å²) in [6.07, 6.45) is 0.601. The predicted molar refractivity (Wildman–Crippen MR) is 59.0 cm³/mol. The fourth-order valence-corrected chi connectivity index (χ4v) is 2.81. The van der Waals surface area contributed by atoms with Crippen LogP contribution < -0.4 is 5.54 Å². The first-order valence-corrected chi connectivity index (χ1v) is 6.55. The van der Waals surface area contributed by atoms with Gasteiger partial charge < -0.3 is 0 Å². The van der Waals surface area contributed by atoms with Crippen LogP contribution in [-0.2, 0) is 15.6 Å². The highest BCUT2D eigenvalue weighted by molar-refractivity contribution is 7.90. The minimum atomic E-state index is -3.06. The maximum Gasteiger partial charge on any atom is 0.154 e. The van der Waals surface area contributed by atoms with Gasteiger partial charge in [0.15, 0.2) is 9.84 Å². The average Bonchev–Trinajstić information content (AvgIpc) is 2.17. The summed E-state index contributed by atoms with van der Waals surface area (Å²) in [6.45, 7) is 1.82. The molecule has 0 fully saturated rings. The number of nitrogens with one attached hydrogen (secondary N) is 1. The second-order valence-electron chi connectivity index (χ2n) is 3.39. The van der Waals surface area contributed by atoms with Crippen LogP contribution in [0.2, 0.25) is 0 Å². The van der Waals surface area contributed by atoms with Crippen LogP contribution in [0.5, 0.6) is 0 Å². The molecule has 84 valence electrons. The standard InChI is InChI=1S/C10H14FNO2S/c1-2-6-15(13,14)8-9-4-3-5-10(7-9)12-11/h3-5,7,12H,2,6,8H2,1H3. The number of sulfone groups is 1. The van der Waals surface area contributed by atoms with Crippen LogP contribution in [0.25, 0.3) is 0 Å². The Morgan fingerprint density at radius 2 is 2.13 bits per heavy atom. The van der Waals surface area contributed by atoms with Crippen LogP contribution in [-0.4, -0.2) is 14.2 Å². The van der Waals surface area contributed by atoms with Crippen molar-refractivity contribution in [2.75, 3.05) is 11.3 Å². The van der Waals surface area contributed by atoms with E-state index in [1.54, 1.807) is 12.1 Å². The van der Waals surface area contributed by atoms with Crippen molar-refractivity contribution in [1.29, 1.82) is 0 Å². The Kier molecular flexibility index (Phi) is 4.08. The molecule has 0 radical (unpaired) electrons. The normalized spacial score (nSPS) is 11.3. The van der Waals surface area contributed by atoms with Gasteiger partial charge in [-0.05, 0) is 24.1 Å². The maximum atomic E-state index is 12.1. The topological polar surface area (TPSA) is 46.2 Å². The molecule has 0 heterocycles. The van der Waals surface area contributed by atoms with Crippen molar-refractivity contribution in [3.8, 4) is 0 Å².